The van der Waals surface area contributed by atoms with Crippen molar-refractivity contribution in [2.75, 3.05) is 6.61 Å². The molecule has 0 N–H and O–H groups in total. The first-order valence-electron chi connectivity index (χ1n) is 11.6. The van der Waals surface area contributed by atoms with Crippen molar-refractivity contribution in [3.8, 4) is 16.9 Å². The van der Waals surface area contributed by atoms with Gasteiger partial charge in [-0.2, -0.15) is 0 Å². The molecule has 1 aliphatic carbocycles. The zero-order chi connectivity index (χ0) is 21.7. The van der Waals surface area contributed by atoms with Crippen LogP contribution in [0.5, 0.6) is 5.75 Å². The van der Waals surface area contributed by atoms with Gasteiger partial charge in [0.25, 0.3) is 0 Å². The molecule has 0 saturated heterocycles. The standard InChI is InChI=1S/C28H38O2/c1-20-10-12-23(13-11-20)24-14-16-26(17-15-24)30-19-22(3)28(4,5)27(29)18-25-9-7-6-8-21(25)2/h10-17,21-22,25H,6-9,18-19H2,1-5H3. The normalized spacial score (nSPS) is 20.6. The molecule has 0 aromatic heterocycles. The predicted molar refractivity (Wildman–Crippen MR) is 126 cm³/mol. The first kappa shape index (κ1) is 22.6. The minimum absolute atomic E-state index is 0.167. The number of ketones is 1. The zero-order valence-electron chi connectivity index (χ0n) is 19.4. The Labute approximate surface area is 183 Å². The Morgan fingerprint density at radius 3 is 2.17 bits per heavy atom. The van der Waals surface area contributed by atoms with Gasteiger partial charge in [-0.1, -0.05) is 88.9 Å². The Morgan fingerprint density at radius 1 is 1.00 bits per heavy atom. The first-order chi connectivity index (χ1) is 14.3. The van der Waals surface area contributed by atoms with E-state index in [4.69, 9.17) is 4.74 Å². The Kier molecular flexibility index (Phi) is 7.39. The quantitative estimate of drug-likeness (QED) is 0.454. The van der Waals surface area contributed by atoms with E-state index in [0.29, 0.717) is 24.2 Å². The number of ether oxygens (including phenoxy) is 1. The van der Waals surface area contributed by atoms with E-state index in [0.717, 1.165) is 12.2 Å². The minimum atomic E-state index is -0.362. The third-order valence-electron chi connectivity index (χ3n) is 7.43. The van der Waals surface area contributed by atoms with Gasteiger partial charge in [-0.05, 0) is 48.4 Å². The summed E-state index contributed by atoms with van der Waals surface area (Å²) in [6, 6.07) is 16.8. The molecule has 2 heteroatoms. The lowest BCUT2D eigenvalue weighted by Gasteiger charge is -2.34. The number of hydrogen-bond acceptors (Lipinski definition) is 2. The number of hydrogen-bond donors (Lipinski definition) is 0. The van der Waals surface area contributed by atoms with Crippen LogP contribution >= 0.6 is 0 Å². The van der Waals surface area contributed by atoms with Crippen molar-refractivity contribution in [2.24, 2.45) is 23.2 Å². The topological polar surface area (TPSA) is 26.3 Å². The van der Waals surface area contributed by atoms with Crippen LogP contribution in [0.15, 0.2) is 48.5 Å². The molecular weight excluding hydrogens is 368 g/mol. The van der Waals surface area contributed by atoms with Crippen LogP contribution in [0.2, 0.25) is 0 Å². The van der Waals surface area contributed by atoms with Gasteiger partial charge in [-0.3, -0.25) is 4.79 Å². The fourth-order valence-corrected chi connectivity index (χ4v) is 4.39. The molecule has 0 amide bonds. The summed E-state index contributed by atoms with van der Waals surface area (Å²) in [6.07, 6.45) is 5.81. The second kappa shape index (κ2) is 9.81. The molecule has 3 rings (SSSR count). The molecular formula is C28H38O2. The lowest BCUT2D eigenvalue weighted by Crippen LogP contribution is -2.37. The molecule has 162 valence electrons. The minimum Gasteiger partial charge on any atom is -0.493 e. The lowest BCUT2D eigenvalue weighted by molar-refractivity contribution is -0.131. The summed E-state index contributed by atoms with van der Waals surface area (Å²) < 4.78 is 6.07. The summed E-state index contributed by atoms with van der Waals surface area (Å²) >= 11 is 0. The summed E-state index contributed by atoms with van der Waals surface area (Å²) in [6.45, 7) is 11.3. The van der Waals surface area contributed by atoms with Crippen LogP contribution in [0.4, 0.5) is 0 Å². The highest BCUT2D eigenvalue weighted by Gasteiger charge is 2.36. The molecule has 2 aromatic rings. The van der Waals surface area contributed by atoms with Crippen molar-refractivity contribution in [2.45, 2.75) is 66.7 Å². The second-order valence-corrected chi connectivity index (χ2v) is 9.97. The second-order valence-electron chi connectivity index (χ2n) is 9.97. The molecule has 1 aliphatic rings. The SMILES string of the molecule is Cc1ccc(-c2ccc(OCC(C)C(C)(C)C(=O)CC3CCCCC3C)cc2)cc1. The molecule has 1 fully saturated rings. The highest BCUT2D eigenvalue weighted by Crippen LogP contribution is 2.37. The van der Waals surface area contributed by atoms with E-state index in [-0.39, 0.29) is 11.3 Å². The number of benzene rings is 2. The fourth-order valence-electron chi connectivity index (χ4n) is 4.39. The van der Waals surface area contributed by atoms with Crippen molar-refractivity contribution in [1.82, 2.24) is 0 Å². The highest BCUT2D eigenvalue weighted by atomic mass is 16.5. The average molecular weight is 407 g/mol. The van der Waals surface area contributed by atoms with Gasteiger partial charge in [0.15, 0.2) is 0 Å². The van der Waals surface area contributed by atoms with Gasteiger partial charge in [-0.25, -0.2) is 0 Å². The molecule has 3 unspecified atom stereocenters. The maximum absolute atomic E-state index is 13.1. The summed E-state index contributed by atoms with van der Waals surface area (Å²) in [5, 5.41) is 0. The van der Waals surface area contributed by atoms with Gasteiger partial charge >= 0.3 is 0 Å². The van der Waals surface area contributed by atoms with Crippen LogP contribution in [0.3, 0.4) is 0 Å². The number of carbonyl (C=O) groups is 1. The van der Waals surface area contributed by atoms with Gasteiger partial charge in [-0.15, -0.1) is 0 Å². The van der Waals surface area contributed by atoms with Crippen LogP contribution in [0.25, 0.3) is 11.1 Å². The number of aryl methyl sites for hydroxylation is 1. The monoisotopic (exact) mass is 406 g/mol. The van der Waals surface area contributed by atoms with Gasteiger partial charge in [0.05, 0.1) is 6.61 Å². The molecule has 0 radical (unpaired) electrons. The molecule has 30 heavy (non-hydrogen) atoms. The summed E-state index contributed by atoms with van der Waals surface area (Å²) in [7, 11) is 0. The smallest absolute Gasteiger partial charge is 0.139 e. The lowest BCUT2D eigenvalue weighted by atomic mass is 9.70. The molecule has 3 atom stereocenters. The van der Waals surface area contributed by atoms with Crippen molar-refractivity contribution >= 4 is 5.78 Å². The summed E-state index contributed by atoms with van der Waals surface area (Å²) in [4.78, 5) is 13.1. The molecule has 0 heterocycles. The number of rotatable bonds is 8. The largest absolute Gasteiger partial charge is 0.493 e. The Bertz CT molecular complexity index is 817. The van der Waals surface area contributed by atoms with E-state index in [2.05, 4.69) is 71.0 Å². The molecule has 0 spiro atoms. The number of Topliss-reactive ketones (excluding diaryl/α,β-unsaturated/α-hetero) is 1. The fraction of sp³-hybridized carbons (Fsp3) is 0.536. The molecule has 2 nitrogen and oxygen atoms in total. The summed E-state index contributed by atoms with van der Waals surface area (Å²) in [5.41, 5.74) is 3.30. The molecule has 0 bridgehead atoms. The van der Waals surface area contributed by atoms with Crippen LogP contribution in [-0.4, -0.2) is 12.4 Å². The molecule has 1 saturated carbocycles. The third kappa shape index (κ3) is 5.53. The van der Waals surface area contributed by atoms with Crippen LogP contribution < -0.4 is 4.74 Å². The van der Waals surface area contributed by atoms with Crippen molar-refractivity contribution in [3.05, 3.63) is 54.1 Å². The van der Waals surface area contributed by atoms with Crippen molar-refractivity contribution in [1.29, 1.82) is 0 Å². The Hall–Kier alpha value is -2.09. The van der Waals surface area contributed by atoms with Crippen molar-refractivity contribution in [3.63, 3.8) is 0 Å². The van der Waals surface area contributed by atoms with Gasteiger partial charge in [0, 0.05) is 17.8 Å². The van der Waals surface area contributed by atoms with Crippen LogP contribution in [-0.2, 0) is 4.79 Å². The Balaban J connectivity index is 1.55. The third-order valence-corrected chi connectivity index (χ3v) is 7.43. The van der Waals surface area contributed by atoms with E-state index >= 15 is 0 Å². The molecule has 2 aromatic carbocycles. The van der Waals surface area contributed by atoms with E-state index in [1.807, 2.05) is 12.1 Å². The van der Waals surface area contributed by atoms with Crippen molar-refractivity contribution < 1.29 is 9.53 Å². The predicted octanol–water partition coefficient (Wildman–Crippen LogP) is 7.49. The van der Waals surface area contributed by atoms with Gasteiger partial charge in [0.2, 0.25) is 0 Å². The van der Waals surface area contributed by atoms with E-state index < -0.39 is 0 Å². The maximum Gasteiger partial charge on any atom is 0.139 e. The zero-order valence-corrected chi connectivity index (χ0v) is 19.4. The van der Waals surface area contributed by atoms with Gasteiger partial charge in [0.1, 0.15) is 11.5 Å². The average Bonchev–Trinajstić information content (AvgIpc) is 2.74. The van der Waals surface area contributed by atoms with Crippen LogP contribution in [0.1, 0.15) is 65.4 Å². The van der Waals surface area contributed by atoms with Crippen LogP contribution in [0, 0.1) is 30.1 Å². The Morgan fingerprint density at radius 2 is 1.57 bits per heavy atom. The van der Waals surface area contributed by atoms with E-state index in [9.17, 15) is 4.79 Å². The maximum atomic E-state index is 13.1. The van der Waals surface area contributed by atoms with E-state index in [1.165, 1.54) is 42.4 Å². The van der Waals surface area contributed by atoms with Gasteiger partial charge < -0.3 is 4.74 Å². The highest BCUT2D eigenvalue weighted by molar-refractivity contribution is 5.84. The first-order valence-corrected chi connectivity index (χ1v) is 11.6. The molecule has 0 aliphatic heterocycles. The summed E-state index contributed by atoms with van der Waals surface area (Å²) in [5.74, 6) is 2.67. The number of carbonyl (C=O) groups excluding carboxylic acids is 1. The van der Waals surface area contributed by atoms with E-state index in [1.54, 1.807) is 0 Å².